The predicted octanol–water partition coefficient (Wildman–Crippen LogP) is 4.11. The quantitative estimate of drug-likeness (QED) is 0.782. The summed E-state index contributed by atoms with van der Waals surface area (Å²) in [4.78, 5) is 25.3. The van der Waals surface area contributed by atoms with Crippen LogP contribution >= 0.6 is 11.8 Å². The van der Waals surface area contributed by atoms with Crippen LogP contribution in [0.1, 0.15) is 18.9 Å². The highest BCUT2D eigenvalue weighted by molar-refractivity contribution is 8.13. The Labute approximate surface area is 152 Å². The Bertz CT molecular complexity index is 748. The molecule has 25 heavy (non-hydrogen) atoms. The molecule has 1 heterocycles. The summed E-state index contributed by atoms with van der Waals surface area (Å²) < 4.78 is 5.97. The number of hydrogen-bond acceptors (Lipinski definition) is 4. The molecule has 1 atom stereocenters. The van der Waals surface area contributed by atoms with E-state index in [-0.39, 0.29) is 16.9 Å². The lowest BCUT2D eigenvalue weighted by Crippen LogP contribution is -2.25. The molecule has 0 saturated carbocycles. The molecule has 5 heteroatoms. The summed E-state index contributed by atoms with van der Waals surface area (Å²) in [5, 5.41) is 0.104. The van der Waals surface area contributed by atoms with Gasteiger partial charge in [-0.25, -0.2) is 0 Å². The molecule has 0 aromatic heterocycles. The lowest BCUT2D eigenvalue weighted by Gasteiger charge is -2.19. The van der Waals surface area contributed by atoms with Crippen molar-refractivity contribution in [2.45, 2.75) is 19.9 Å². The molecule has 0 spiro atoms. The average molecular weight is 355 g/mol. The summed E-state index contributed by atoms with van der Waals surface area (Å²) in [7, 11) is 0. The molecule has 1 aliphatic heterocycles. The van der Waals surface area contributed by atoms with E-state index in [1.54, 1.807) is 6.92 Å². The number of carbonyl (C=O) groups is 2. The summed E-state index contributed by atoms with van der Waals surface area (Å²) in [5.41, 5.74) is 0.986. The largest absolute Gasteiger partial charge is 0.457 e. The molecule has 0 bridgehead atoms. The number of ether oxygens (including phenoxy) is 1. The molecule has 2 aromatic rings. The van der Waals surface area contributed by atoms with E-state index in [9.17, 15) is 9.59 Å². The zero-order chi connectivity index (χ0) is 17.6. The molecular formula is C20H21NO3S. The standard InChI is InChI=1S/C20H21NO3S/c1-15(22)25-14-16-11-20(23)21(12-16)13-17-7-5-6-10-19(17)24-18-8-3-2-4-9-18/h2-10,16H,11-14H2,1H3. The smallest absolute Gasteiger partial charge is 0.223 e. The Morgan fingerprint density at radius 2 is 1.88 bits per heavy atom. The minimum atomic E-state index is 0.104. The Morgan fingerprint density at radius 1 is 1.16 bits per heavy atom. The second-order valence-corrected chi connectivity index (χ2v) is 7.37. The number of benzene rings is 2. The summed E-state index contributed by atoms with van der Waals surface area (Å²) in [6.07, 6.45) is 0.516. The van der Waals surface area contributed by atoms with Crippen LogP contribution in [0.4, 0.5) is 0 Å². The lowest BCUT2D eigenvalue weighted by atomic mass is 10.1. The normalized spacial score (nSPS) is 16.9. The van der Waals surface area contributed by atoms with Gasteiger partial charge in [0.15, 0.2) is 5.12 Å². The first-order valence-corrected chi connectivity index (χ1v) is 9.32. The molecule has 1 aliphatic rings. The van der Waals surface area contributed by atoms with E-state index in [0.717, 1.165) is 17.1 Å². The van der Waals surface area contributed by atoms with Gasteiger partial charge in [0.1, 0.15) is 11.5 Å². The van der Waals surface area contributed by atoms with Gasteiger partial charge in [0, 0.05) is 37.8 Å². The van der Waals surface area contributed by atoms with Gasteiger partial charge in [-0.05, 0) is 24.1 Å². The molecule has 2 aromatic carbocycles. The van der Waals surface area contributed by atoms with Gasteiger partial charge < -0.3 is 9.64 Å². The second kappa shape index (κ2) is 8.21. The first kappa shape index (κ1) is 17.5. The highest BCUT2D eigenvalue weighted by Crippen LogP contribution is 2.29. The highest BCUT2D eigenvalue weighted by Gasteiger charge is 2.30. The Balaban J connectivity index is 1.67. The zero-order valence-corrected chi connectivity index (χ0v) is 15.0. The summed E-state index contributed by atoms with van der Waals surface area (Å²) in [6, 6.07) is 17.4. The predicted molar refractivity (Wildman–Crippen MR) is 99.6 cm³/mol. The molecular weight excluding hydrogens is 334 g/mol. The van der Waals surface area contributed by atoms with Crippen molar-refractivity contribution in [1.82, 2.24) is 4.90 Å². The van der Waals surface area contributed by atoms with Gasteiger partial charge in [-0.15, -0.1) is 0 Å². The fraction of sp³-hybridized carbons (Fsp3) is 0.300. The molecule has 4 nitrogen and oxygen atoms in total. The van der Waals surface area contributed by atoms with Gasteiger partial charge in [-0.3, -0.25) is 9.59 Å². The van der Waals surface area contributed by atoms with Crippen molar-refractivity contribution in [2.75, 3.05) is 12.3 Å². The van der Waals surface area contributed by atoms with Crippen LogP contribution in [-0.2, 0) is 16.1 Å². The summed E-state index contributed by atoms with van der Waals surface area (Å²) in [5.74, 6) is 2.63. The van der Waals surface area contributed by atoms with Gasteiger partial charge in [-0.2, -0.15) is 0 Å². The van der Waals surface area contributed by atoms with Crippen molar-refractivity contribution in [3.63, 3.8) is 0 Å². The number of thioether (sulfide) groups is 1. The van der Waals surface area contributed by atoms with E-state index >= 15 is 0 Å². The SMILES string of the molecule is CC(=O)SCC1CC(=O)N(Cc2ccccc2Oc2ccccc2)C1. The van der Waals surface area contributed by atoms with Crippen LogP contribution in [0.15, 0.2) is 54.6 Å². The van der Waals surface area contributed by atoms with Crippen molar-refractivity contribution in [3.8, 4) is 11.5 Å². The first-order valence-electron chi connectivity index (χ1n) is 8.34. The molecule has 1 fully saturated rings. The van der Waals surface area contributed by atoms with Crippen molar-refractivity contribution in [2.24, 2.45) is 5.92 Å². The van der Waals surface area contributed by atoms with Gasteiger partial charge >= 0.3 is 0 Å². The minimum absolute atomic E-state index is 0.104. The van der Waals surface area contributed by atoms with Crippen LogP contribution in [0.5, 0.6) is 11.5 Å². The third-order valence-corrected chi connectivity index (χ3v) is 5.17. The van der Waals surface area contributed by atoms with Crippen LogP contribution in [-0.4, -0.2) is 28.2 Å². The zero-order valence-electron chi connectivity index (χ0n) is 14.2. The van der Waals surface area contributed by atoms with Crippen LogP contribution < -0.4 is 4.74 Å². The molecule has 1 unspecified atom stereocenters. The van der Waals surface area contributed by atoms with Gasteiger partial charge in [0.2, 0.25) is 5.91 Å². The van der Waals surface area contributed by atoms with E-state index in [4.69, 9.17) is 4.74 Å². The van der Waals surface area contributed by atoms with E-state index in [1.165, 1.54) is 11.8 Å². The maximum Gasteiger partial charge on any atom is 0.223 e. The molecule has 0 radical (unpaired) electrons. The van der Waals surface area contributed by atoms with Crippen molar-refractivity contribution < 1.29 is 14.3 Å². The van der Waals surface area contributed by atoms with Crippen molar-refractivity contribution in [1.29, 1.82) is 0 Å². The Kier molecular flexibility index (Phi) is 5.76. The number of hydrogen-bond donors (Lipinski definition) is 0. The molecule has 0 N–H and O–H groups in total. The summed E-state index contributed by atoms with van der Waals surface area (Å²) >= 11 is 1.30. The third-order valence-electron chi connectivity index (χ3n) is 4.12. The maximum atomic E-state index is 12.3. The number of amides is 1. The second-order valence-electron chi connectivity index (χ2n) is 6.17. The molecule has 0 aliphatic carbocycles. The number of carbonyl (C=O) groups excluding carboxylic acids is 2. The molecule has 130 valence electrons. The average Bonchev–Trinajstić information content (AvgIpc) is 2.95. The van der Waals surface area contributed by atoms with Crippen molar-refractivity contribution in [3.05, 3.63) is 60.2 Å². The van der Waals surface area contributed by atoms with Crippen LogP contribution in [0.25, 0.3) is 0 Å². The summed E-state index contributed by atoms with van der Waals surface area (Å²) in [6.45, 7) is 2.79. The monoisotopic (exact) mass is 355 g/mol. The van der Waals surface area contributed by atoms with Crippen LogP contribution in [0.3, 0.4) is 0 Å². The van der Waals surface area contributed by atoms with Gasteiger partial charge in [-0.1, -0.05) is 48.2 Å². The Hall–Kier alpha value is -2.27. The molecule has 3 rings (SSSR count). The number of nitrogens with zero attached hydrogens (tertiary/aromatic N) is 1. The van der Waals surface area contributed by atoms with Gasteiger partial charge in [0.05, 0.1) is 0 Å². The molecule has 1 amide bonds. The van der Waals surface area contributed by atoms with E-state index < -0.39 is 0 Å². The van der Waals surface area contributed by atoms with E-state index in [0.29, 0.717) is 25.3 Å². The van der Waals surface area contributed by atoms with Crippen LogP contribution in [0, 0.1) is 5.92 Å². The number of para-hydroxylation sites is 2. The third kappa shape index (κ3) is 4.86. The first-order chi connectivity index (χ1) is 12.1. The lowest BCUT2D eigenvalue weighted by molar-refractivity contribution is -0.128. The topological polar surface area (TPSA) is 46.6 Å². The van der Waals surface area contributed by atoms with E-state index in [1.807, 2.05) is 59.5 Å². The maximum absolute atomic E-state index is 12.3. The Morgan fingerprint density at radius 3 is 2.64 bits per heavy atom. The van der Waals surface area contributed by atoms with E-state index in [2.05, 4.69) is 0 Å². The minimum Gasteiger partial charge on any atom is -0.457 e. The fourth-order valence-electron chi connectivity index (χ4n) is 2.91. The van der Waals surface area contributed by atoms with Gasteiger partial charge in [0.25, 0.3) is 0 Å². The molecule has 1 saturated heterocycles. The number of rotatable bonds is 6. The fourth-order valence-corrected chi connectivity index (χ4v) is 3.60. The van der Waals surface area contributed by atoms with Crippen molar-refractivity contribution >= 4 is 22.8 Å². The van der Waals surface area contributed by atoms with Crippen LogP contribution in [0.2, 0.25) is 0 Å². The highest BCUT2D eigenvalue weighted by atomic mass is 32.2. The number of likely N-dealkylation sites (tertiary alicyclic amines) is 1.